The van der Waals surface area contributed by atoms with Crippen molar-refractivity contribution in [3.8, 4) is 17.3 Å². The van der Waals surface area contributed by atoms with Crippen LogP contribution in [0.3, 0.4) is 0 Å². The molecule has 0 amide bonds. The molecule has 1 atom stereocenters. The van der Waals surface area contributed by atoms with E-state index in [2.05, 4.69) is 26.1 Å². The van der Waals surface area contributed by atoms with Crippen LogP contribution in [0.1, 0.15) is 12.0 Å². The molecular weight excluding hydrogens is 399 g/mol. The summed E-state index contributed by atoms with van der Waals surface area (Å²) in [6.07, 6.45) is 3.05. The number of ether oxygens (including phenoxy) is 1. The first-order chi connectivity index (χ1) is 15.1. The lowest BCUT2D eigenvalue weighted by Gasteiger charge is -2.15. The Morgan fingerprint density at radius 1 is 1.19 bits per heavy atom. The van der Waals surface area contributed by atoms with Crippen LogP contribution in [-0.2, 0) is 6.54 Å². The molecule has 1 aliphatic rings. The fourth-order valence-electron chi connectivity index (χ4n) is 3.98. The average molecular weight is 422 g/mol. The van der Waals surface area contributed by atoms with E-state index in [1.54, 1.807) is 12.1 Å². The molecule has 0 aliphatic carbocycles. The number of nitrogens with two attached hydrogens (primary N) is 1. The Morgan fingerprint density at radius 3 is 2.90 bits per heavy atom. The Kier molecular flexibility index (Phi) is 5.23. The standard InChI is InChI=1S/C22H23FN6O2/c23-17-9-15-2-3-18(25-19(15)10-20(17)31-8-7-30)22-27-26-21-4-1-14(12-29(21)22)11-28-6-5-16(24)13-28/h1-4,9-10,12,16,30H,5-8,11,13,24H2. The molecule has 0 radical (unpaired) electrons. The minimum Gasteiger partial charge on any atom is -0.488 e. The van der Waals surface area contributed by atoms with E-state index in [0.717, 1.165) is 37.3 Å². The summed E-state index contributed by atoms with van der Waals surface area (Å²) in [5.41, 5.74) is 9.10. The lowest BCUT2D eigenvalue weighted by atomic mass is 10.2. The van der Waals surface area contributed by atoms with Gasteiger partial charge in [-0.15, -0.1) is 10.2 Å². The van der Waals surface area contributed by atoms with Gasteiger partial charge in [-0.05, 0) is 30.2 Å². The Morgan fingerprint density at radius 2 is 2.10 bits per heavy atom. The Hall–Kier alpha value is -3.14. The van der Waals surface area contributed by atoms with Crippen LogP contribution in [-0.4, -0.2) is 61.9 Å². The number of aliphatic hydroxyl groups is 1. The molecule has 3 aromatic heterocycles. The number of aromatic nitrogens is 4. The van der Waals surface area contributed by atoms with Gasteiger partial charge in [-0.1, -0.05) is 12.1 Å². The van der Waals surface area contributed by atoms with Crippen molar-refractivity contribution in [2.75, 3.05) is 26.3 Å². The first kappa shape index (κ1) is 19.8. The summed E-state index contributed by atoms with van der Waals surface area (Å²) in [6, 6.07) is 10.8. The number of pyridine rings is 2. The highest BCUT2D eigenvalue weighted by atomic mass is 19.1. The Balaban J connectivity index is 1.50. The summed E-state index contributed by atoms with van der Waals surface area (Å²) in [6.45, 7) is 2.54. The molecule has 1 saturated heterocycles. The third-order valence-electron chi connectivity index (χ3n) is 5.50. The molecule has 1 aliphatic heterocycles. The highest BCUT2D eigenvalue weighted by Gasteiger charge is 2.19. The normalized spacial score (nSPS) is 17.1. The second-order valence-electron chi connectivity index (χ2n) is 7.82. The van der Waals surface area contributed by atoms with Gasteiger partial charge in [0.15, 0.2) is 23.0 Å². The first-order valence-electron chi connectivity index (χ1n) is 10.3. The molecule has 4 aromatic rings. The highest BCUT2D eigenvalue weighted by Crippen LogP contribution is 2.27. The third kappa shape index (κ3) is 3.95. The van der Waals surface area contributed by atoms with E-state index >= 15 is 0 Å². The number of hydrogen-bond acceptors (Lipinski definition) is 7. The first-order valence-corrected chi connectivity index (χ1v) is 10.3. The van der Waals surface area contributed by atoms with Crippen molar-refractivity contribution in [2.45, 2.75) is 19.0 Å². The van der Waals surface area contributed by atoms with Crippen LogP contribution in [0.4, 0.5) is 4.39 Å². The molecule has 0 saturated carbocycles. The quantitative estimate of drug-likeness (QED) is 0.490. The molecule has 4 heterocycles. The Bertz CT molecular complexity index is 1240. The average Bonchev–Trinajstić information content (AvgIpc) is 3.37. The van der Waals surface area contributed by atoms with Crippen molar-refractivity contribution < 1.29 is 14.2 Å². The zero-order valence-electron chi connectivity index (χ0n) is 16.9. The van der Waals surface area contributed by atoms with Crippen LogP contribution in [0.15, 0.2) is 42.6 Å². The minimum atomic E-state index is -0.491. The zero-order chi connectivity index (χ0) is 21.4. The lowest BCUT2D eigenvalue weighted by Crippen LogP contribution is -2.26. The lowest BCUT2D eigenvalue weighted by molar-refractivity contribution is 0.196. The van der Waals surface area contributed by atoms with Gasteiger partial charge in [-0.25, -0.2) is 9.37 Å². The third-order valence-corrected chi connectivity index (χ3v) is 5.50. The molecule has 31 heavy (non-hydrogen) atoms. The van der Waals surface area contributed by atoms with Gasteiger partial charge in [0.05, 0.1) is 12.1 Å². The van der Waals surface area contributed by atoms with Crippen LogP contribution in [0.5, 0.6) is 5.75 Å². The second kappa shape index (κ2) is 8.18. The van der Waals surface area contributed by atoms with E-state index in [1.807, 2.05) is 16.7 Å². The largest absolute Gasteiger partial charge is 0.488 e. The summed E-state index contributed by atoms with van der Waals surface area (Å²) < 4.78 is 21.4. The van der Waals surface area contributed by atoms with Crippen molar-refractivity contribution in [1.29, 1.82) is 0 Å². The SMILES string of the molecule is NC1CCN(Cc2ccc3nnc(-c4ccc5cc(F)c(OCCO)cc5n4)n3c2)C1. The van der Waals surface area contributed by atoms with Crippen LogP contribution < -0.4 is 10.5 Å². The number of likely N-dealkylation sites (tertiary alicyclic amines) is 1. The van der Waals surface area contributed by atoms with E-state index in [4.69, 9.17) is 15.6 Å². The van der Waals surface area contributed by atoms with Gasteiger partial charge in [0, 0.05) is 43.3 Å². The fourth-order valence-corrected chi connectivity index (χ4v) is 3.98. The predicted molar refractivity (Wildman–Crippen MR) is 114 cm³/mol. The summed E-state index contributed by atoms with van der Waals surface area (Å²) in [7, 11) is 0. The van der Waals surface area contributed by atoms with Gasteiger partial charge >= 0.3 is 0 Å². The van der Waals surface area contributed by atoms with Crippen LogP contribution in [0.2, 0.25) is 0 Å². The zero-order valence-corrected chi connectivity index (χ0v) is 16.9. The molecule has 9 heteroatoms. The van der Waals surface area contributed by atoms with Gasteiger partial charge in [0.25, 0.3) is 0 Å². The predicted octanol–water partition coefficient (Wildman–Crippen LogP) is 1.99. The van der Waals surface area contributed by atoms with E-state index in [-0.39, 0.29) is 25.0 Å². The molecule has 160 valence electrons. The highest BCUT2D eigenvalue weighted by molar-refractivity contribution is 5.82. The van der Waals surface area contributed by atoms with Crippen LogP contribution in [0, 0.1) is 5.82 Å². The molecule has 1 unspecified atom stereocenters. The molecule has 1 aromatic carbocycles. The van der Waals surface area contributed by atoms with Crippen molar-refractivity contribution in [2.24, 2.45) is 5.73 Å². The number of benzene rings is 1. The summed E-state index contributed by atoms with van der Waals surface area (Å²) >= 11 is 0. The van der Waals surface area contributed by atoms with Crippen molar-refractivity contribution in [3.05, 3.63) is 54.0 Å². The number of hydrogen-bond donors (Lipinski definition) is 2. The molecule has 0 bridgehead atoms. The van der Waals surface area contributed by atoms with E-state index in [0.29, 0.717) is 22.4 Å². The van der Waals surface area contributed by atoms with Gasteiger partial charge in [0.1, 0.15) is 12.3 Å². The topological polar surface area (TPSA) is 102 Å². The monoisotopic (exact) mass is 422 g/mol. The fraction of sp³-hybridized carbons (Fsp3) is 0.318. The van der Waals surface area contributed by atoms with Gasteiger partial charge in [0.2, 0.25) is 0 Å². The van der Waals surface area contributed by atoms with E-state index in [9.17, 15) is 4.39 Å². The number of rotatable bonds is 6. The minimum absolute atomic E-state index is 0.0155. The Labute approximate surface area is 178 Å². The number of fused-ring (bicyclic) bond motifs is 2. The van der Waals surface area contributed by atoms with E-state index in [1.165, 1.54) is 12.1 Å². The summed E-state index contributed by atoms with van der Waals surface area (Å²) in [5.74, 6) is 0.178. The molecule has 0 spiro atoms. The summed E-state index contributed by atoms with van der Waals surface area (Å²) in [5, 5.41) is 18.2. The number of halogens is 1. The van der Waals surface area contributed by atoms with Crippen molar-refractivity contribution >= 4 is 16.6 Å². The maximum Gasteiger partial charge on any atom is 0.187 e. The van der Waals surface area contributed by atoms with Crippen molar-refractivity contribution in [1.82, 2.24) is 24.5 Å². The van der Waals surface area contributed by atoms with Gasteiger partial charge in [-0.3, -0.25) is 9.30 Å². The smallest absolute Gasteiger partial charge is 0.187 e. The number of nitrogens with zero attached hydrogens (tertiary/aromatic N) is 5. The molecular formula is C22H23FN6O2. The maximum atomic E-state index is 14.2. The van der Waals surface area contributed by atoms with Gasteiger partial charge < -0.3 is 15.6 Å². The molecule has 5 rings (SSSR count). The summed E-state index contributed by atoms with van der Waals surface area (Å²) in [4.78, 5) is 7.00. The van der Waals surface area contributed by atoms with Crippen LogP contribution in [0.25, 0.3) is 28.1 Å². The number of aliphatic hydroxyl groups excluding tert-OH is 1. The van der Waals surface area contributed by atoms with Crippen LogP contribution >= 0.6 is 0 Å². The van der Waals surface area contributed by atoms with Crippen molar-refractivity contribution in [3.63, 3.8) is 0 Å². The van der Waals surface area contributed by atoms with Gasteiger partial charge in [-0.2, -0.15) is 0 Å². The second-order valence-corrected chi connectivity index (χ2v) is 7.82. The molecule has 3 N–H and O–H groups in total. The molecule has 8 nitrogen and oxygen atoms in total. The molecule has 1 fully saturated rings. The van der Waals surface area contributed by atoms with E-state index < -0.39 is 5.82 Å². The maximum absolute atomic E-state index is 14.2.